The Balaban J connectivity index is 2.27. The lowest BCUT2D eigenvalue weighted by Crippen LogP contribution is -2.48. The monoisotopic (exact) mass is 262 g/mol. The smallest absolute Gasteiger partial charge is 0.323 e. The first-order chi connectivity index (χ1) is 7.98. The summed E-state index contributed by atoms with van der Waals surface area (Å²) in [4.78, 5) is 13.3. The van der Waals surface area contributed by atoms with E-state index in [4.69, 9.17) is 5.11 Å². The first-order valence-electron chi connectivity index (χ1n) is 5.97. The minimum atomic E-state index is -0.835. The van der Waals surface area contributed by atoms with Gasteiger partial charge in [-0.05, 0) is 33.4 Å². The zero-order valence-corrected chi connectivity index (χ0v) is 11.4. The van der Waals surface area contributed by atoms with Gasteiger partial charge in [0.15, 0.2) is 0 Å². The summed E-state index contributed by atoms with van der Waals surface area (Å²) in [7, 11) is 1.04. The van der Waals surface area contributed by atoms with Gasteiger partial charge in [-0.3, -0.25) is 9.00 Å². The van der Waals surface area contributed by atoms with Crippen molar-refractivity contribution in [2.45, 2.75) is 25.3 Å². The maximum atomic E-state index is 11.2. The lowest BCUT2D eigenvalue weighted by molar-refractivity contribution is -0.144. The van der Waals surface area contributed by atoms with Crippen LogP contribution in [-0.4, -0.2) is 63.9 Å². The molecule has 1 fully saturated rings. The van der Waals surface area contributed by atoms with E-state index in [1.165, 1.54) is 0 Å². The van der Waals surface area contributed by atoms with Gasteiger partial charge in [0.1, 0.15) is 5.54 Å². The van der Waals surface area contributed by atoms with Gasteiger partial charge >= 0.3 is 5.97 Å². The molecule has 0 radical (unpaired) electrons. The van der Waals surface area contributed by atoms with Crippen molar-refractivity contribution in [1.82, 2.24) is 10.2 Å². The number of rotatable bonds is 6. The normalized spacial score (nSPS) is 22.2. The predicted octanol–water partition coefficient (Wildman–Crippen LogP) is -0.106. The van der Waals surface area contributed by atoms with Crippen molar-refractivity contribution in [1.29, 1.82) is 0 Å². The van der Waals surface area contributed by atoms with Crippen molar-refractivity contribution in [3.05, 3.63) is 0 Å². The zero-order chi connectivity index (χ0) is 12.9. The fourth-order valence-electron chi connectivity index (χ4n) is 1.89. The molecule has 0 aliphatic carbocycles. The average Bonchev–Trinajstić information content (AvgIpc) is 2.31. The molecule has 0 aromatic carbocycles. The minimum absolute atomic E-state index is 0.610. The number of likely N-dealkylation sites (N-methyl/N-ethyl adjacent to an activating group) is 1. The molecular weight excluding hydrogens is 240 g/mol. The molecule has 1 saturated heterocycles. The molecule has 0 amide bonds. The molecule has 5 nitrogen and oxygen atoms in total. The first kappa shape index (κ1) is 14.6. The summed E-state index contributed by atoms with van der Waals surface area (Å²) >= 11 is 0. The molecule has 0 aromatic heterocycles. The standard InChI is InChI=1S/C11H22N2O3S/c1-11(12-2,10(14)15)4-3-5-13-6-8-17(16)9-7-13/h12H,3-9H2,1-2H3,(H,14,15). The Morgan fingerprint density at radius 3 is 2.53 bits per heavy atom. The Morgan fingerprint density at radius 1 is 1.47 bits per heavy atom. The van der Waals surface area contributed by atoms with Gasteiger partial charge in [-0.1, -0.05) is 0 Å². The third kappa shape index (κ3) is 4.37. The molecule has 17 heavy (non-hydrogen) atoms. The van der Waals surface area contributed by atoms with E-state index < -0.39 is 22.3 Å². The van der Waals surface area contributed by atoms with E-state index in [9.17, 15) is 9.00 Å². The lowest BCUT2D eigenvalue weighted by atomic mass is 9.96. The summed E-state index contributed by atoms with van der Waals surface area (Å²) in [5, 5.41) is 11.9. The van der Waals surface area contributed by atoms with Gasteiger partial charge in [-0.15, -0.1) is 0 Å². The van der Waals surface area contributed by atoms with E-state index in [1.54, 1.807) is 14.0 Å². The fourth-order valence-corrected chi connectivity index (χ4v) is 3.02. The summed E-state index contributed by atoms with van der Waals surface area (Å²) in [6.07, 6.45) is 1.45. The van der Waals surface area contributed by atoms with Gasteiger partial charge in [-0.25, -0.2) is 0 Å². The van der Waals surface area contributed by atoms with Gasteiger partial charge in [0.2, 0.25) is 0 Å². The van der Waals surface area contributed by atoms with Gasteiger partial charge in [0.25, 0.3) is 0 Å². The van der Waals surface area contributed by atoms with E-state index in [0.29, 0.717) is 6.42 Å². The second-order valence-corrected chi connectivity index (χ2v) is 6.38. The van der Waals surface area contributed by atoms with Crippen molar-refractivity contribution in [2.75, 3.05) is 38.2 Å². The van der Waals surface area contributed by atoms with Crippen LogP contribution in [0.15, 0.2) is 0 Å². The number of carboxylic acid groups (broad SMARTS) is 1. The van der Waals surface area contributed by atoms with E-state index in [1.807, 2.05) is 0 Å². The average molecular weight is 262 g/mol. The summed E-state index contributed by atoms with van der Waals surface area (Å²) in [6.45, 7) is 4.34. The highest BCUT2D eigenvalue weighted by molar-refractivity contribution is 7.85. The molecule has 0 bridgehead atoms. The van der Waals surface area contributed by atoms with Gasteiger partial charge in [-0.2, -0.15) is 0 Å². The molecule has 1 aliphatic heterocycles. The maximum Gasteiger partial charge on any atom is 0.323 e. The zero-order valence-electron chi connectivity index (χ0n) is 10.6. The van der Waals surface area contributed by atoms with Crippen LogP contribution in [0.2, 0.25) is 0 Å². The highest BCUT2D eigenvalue weighted by Crippen LogP contribution is 2.13. The van der Waals surface area contributed by atoms with Crippen LogP contribution in [0, 0.1) is 0 Å². The van der Waals surface area contributed by atoms with Gasteiger partial charge in [0.05, 0.1) is 0 Å². The quantitative estimate of drug-likeness (QED) is 0.699. The Hall–Kier alpha value is -0.460. The molecule has 6 heteroatoms. The molecule has 1 aliphatic rings. The molecule has 100 valence electrons. The molecule has 1 unspecified atom stereocenters. The van der Waals surface area contributed by atoms with Crippen molar-refractivity contribution in [3.63, 3.8) is 0 Å². The second kappa shape index (κ2) is 6.47. The van der Waals surface area contributed by atoms with Crippen molar-refractivity contribution >= 4 is 16.8 Å². The van der Waals surface area contributed by atoms with Gasteiger partial charge in [0, 0.05) is 35.4 Å². The number of carboxylic acids is 1. The van der Waals surface area contributed by atoms with Crippen molar-refractivity contribution < 1.29 is 14.1 Å². The van der Waals surface area contributed by atoms with Crippen LogP contribution >= 0.6 is 0 Å². The lowest BCUT2D eigenvalue weighted by Gasteiger charge is -2.28. The SMILES string of the molecule is CNC(C)(CCCN1CCS(=O)CC1)C(=O)O. The number of aliphatic carboxylic acids is 1. The molecule has 0 spiro atoms. The van der Waals surface area contributed by atoms with E-state index in [2.05, 4.69) is 10.2 Å². The van der Waals surface area contributed by atoms with Gasteiger partial charge < -0.3 is 15.3 Å². The molecular formula is C11H22N2O3S. The Bertz CT molecular complexity index is 288. The summed E-state index contributed by atoms with van der Waals surface area (Å²) < 4.78 is 11.2. The summed E-state index contributed by atoms with van der Waals surface area (Å²) in [5.74, 6) is 0.699. The third-order valence-electron chi connectivity index (χ3n) is 3.45. The summed E-state index contributed by atoms with van der Waals surface area (Å²) in [6, 6.07) is 0. The maximum absolute atomic E-state index is 11.2. The number of hydrogen-bond donors (Lipinski definition) is 2. The van der Waals surface area contributed by atoms with E-state index in [0.717, 1.165) is 37.6 Å². The molecule has 0 saturated carbocycles. The fraction of sp³-hybridized carbons (Fsp3) is 0.909. The largest absolute Gasteiger partial charge is 0.480 e. The Labute approximate surface area is 105 Å². The van der Waals surface area contributed by atoms with Crippen molar-refractivity contribution in [3.8, 4) is 0 Å². The van der Waals surface area contributed by atoms with Crippen LogP contribution in [0.5, 0.6) is 0 Å². The topological polar surface area (TPSA) is 69.6 Å². The van der Waals surface area contributed by atoms with Crippen LogP contribution in [-0.2, 0) is 15.6 Å². The second-order valence-electron chi connectivity index (χ2n) is 4.68. The number of hydrogen-bond acceptors (Lipinski definition) is 4. The molecule has 1 heterocycles. The number of carbonyl (C=O) groups is 1. The van der Waals surface area contributed by atoms with E-state index >= 15 is 0 Å². The predicted molar refractivity (Wildman–Crippen MR) is 68.7 cm³/mol. The van der Waals surface area contributed by atoms with Crippen LogP contribution in [0.3, 0.4) is 0 Å². The first-order valence-corrected chi connectivity index (χ1v) is 7.46. The number of nitrogens with zero attached hydrogens (tertiary/aromatic N) is 1. The molecule has 0 aromatic rings. The van der Waals surface area contributed by atoms with Crippen LogP contribution in [0.25, 0.3) is 0 Å². The number of nitrogens with one attached hydrogen (secondary N) is 1. The van der Waals surface area contributed by atoms with E-state index in [-0.39, 0.29) is 0 Å². The highest BCUT2D eigenvalue weighted by atomic mass is 32.2. The van der Waals surface area contributed by atoms with Crippen molar-refractivity contribution in [2.24, 2.45) is 0 Å². The minimum Gasteiger partial charge on any atom is -0.480 e. The Morgan fingerprint density at radius 2 is 2.06 bits per heavy atom. The van der Waals surface area contributed by atoms with Crippen LogP contribution in [0.4, 0.5) is 0 Å². The highest BCUT2D eigenvalue weighted by Gasteiger charge is 2.30. The summed E-state index contributed by atoms with van der Waals surface area (Å²) in [5.41, 5.74) is -0.835. The molecule has 2 N–H and O–H groups in total. The van der Waals surface area contributed by atoms with Crippen LogP contribution < -0.4 is 5.32 Å². The van der Waals surface area contributed by atoms with Crippen LogP contribution in [0.1, 0.15) is 19.8 Å². The molecule has 1 rings (SSSR count). The Kier molecular flexibility index (Phi) is 5.55. The third-order valence-corrected chi connectivity index (χ3v) is 4.72. The molecule has 1 atom stereocenters.